The van der Waals surface area contributed by atoms with E-state index >= 15 is 0 Å². The van der Waals surface area contributed by atoms with Gasteiger partial charge in [-0.1, -0.05) is 32.3 Å². The first-order chi connectivity index (χ1) is 7.01. The highest BCUT2D eigenvalue weighted by Crippen LogP contribution is 2.57. The molecule has 0 spiro atoms. The van der Waals surface area contributed by atoms with E-state index in [0.717, 1.165) is 12.8 Å². The Morgan fingerprint density at radius 2 is 2.27 bits per heavy atom. The lowest BCUT2D eigenvalue weighted by atomic mass is 10.1. The molecule has 1 rings (SSSR count). The molecule has 0 aromatic rings. The molecule has 4 nitrogen and oxygen atoms in total. The lowest BCUT2D eigenvalue weighted by Gasteiger charge is -1.97. The Hall–Kier alpha value is -1.06. The van der Waals surface area contributed by atoms with Gasteiger partial charge in [-0.15, -0.1) is 0 Å². The molecule has 0 heterocycles. The van der Waals surface area contributed by atoms with Crippen LogP contribution >= 0.6 is 0 Å². The third-order valence-electron chi connectivity index (χ3n) is 3.06. The monoisotopic (exact) mass is 213 g/mol. The molecule has 1 fully saturated rings. The molecule has 1 saturated carbocycles. The van der Waals surface area contributed by atoms with Gasteiger partial charge in [-0.05, 0) is 11.8 Å². The molecular formula is C11H19NO3. The van der Waals surface area contributed by atoms with E-state index in [0.29, 0.717) is 6.61 Å². The fourth-order valence-electron chi connectivity index (χ4n) is 1.80. The van der Waals surface area contributed by atoms with E-state index in [4.69, 9.17) is 9.94 Å². The number of oxime groups is 1. The van der Waals surface area contributed by atoms with Crippen molar-refractivity contribution in [1.29, 1.82) is 0 Å². The SMILES string of the molecule is CCCCON=C[C@H]1[C@@H](C(=O)O)C1(C)C. The molecule has 0 aliphatic heterocycles. The highest BCUT2D eigenvalue weighted by atomic mass is 16.6. The minimum absolute atomic E-state index is 0.0108. The van der Waals surface area contributed by atoms with Crippen LogP contribution in [-0.4, -0.2) is 23.9 Å². The van der Waals surface area contributed by atoms with E-state index in [-0.39, 0.29) is 17.3 Å². The van der Waals surface area contributed by atoms with Gasteiger partial charge in [0, 0.05) is 12.1 Å². The first kappa shape index (κ1) is 12.0. The van der Waals surface area contributed by atoms with Gasteiger partial charge in [-0.25, -0.2) is 0 Å². The van der Waals surface area contributed by atoms with E-state index in [1.807, 2.05) is 13.8 Å². The first-order valence-corrected chi connectivity index (χ1v) is 5.40. The fraction of sp³-hybridized carbons (Fsp3) is 0.818. The van der Waals surface area contributed by atoms with Crippen molar-refractivity contribution < 1.29 is 14.7 Å². The van der Waals surface area contributed by atoms with Gasteiger partial charge in [-0.3, -0.25) is 4.79 Å². The predicted molar refractivity (Wildman–Crippen MR) is 57.7 cm³/mol. The van der Waals surface area contributed by atoms with Gasteiger partial charge in [0.1, 0.15) is 6.61 Å². The van der Waals surface area contributed by atoms with Crippen LogP contribution in [0.1, 0.15) is 33.6 Å². The molecule has 1 aliphatic rings. The number of hydrogen-bond acceptors (Lipinski definition) is 3. The molecule has 0 aromatic carbocycles. The van der Waals surface area contributed by atoms with E-state index < -0.39 is 5.97 Å². The molecule has 0 bridgehead atoms. The van der Waals surface area contributed by atoms with Crippen LogP contribution in [0.3, 0.4) is 0 Å². The standard InChI is InChI=1S/C11H19NO3/c1-4-5-6-15-12-7-8-9(10(13)14)11(8,2)3/h7-9H,4-6H2,1-3H3,(H,13,14)/t8-,9-/m0/s1. The van der Waals surface area contributed by atoms with Gasteiger partial charge in [0.15, 0.2) is 0 Å². The van der Waals surface area contributed by atoms with Crippen molar-refractivity contribution in [2.45, 2.75) is 33.6 Å². The average Bonchev–Trinajstić information content (AvgIpc) is 2.68. The topological polar surface area (TPSA) is 58.9 Å². The second kappa shape index (κ2) is 4.64. The minimum atomic E-state index is -0.745. The lowest BCUT2D eigenvalue weighted by Crippen LogP contribution is -2.03. The number of carbonyl (C=O) groups is 1. The number of nitrogens with zero attached hydrogens (tertiary/aromatic N) is 1. The Morgan fingerprint density at radius 1 is 1.60 bits per heavy atom. The maximum Gasteiger partial charge on any atom is 0.307 e. The highest BCUT2D eigenvalue weighted by Gasteiger charge is 2.61. The smallest absolute Gasteiger partial charge is 0.307 e. The highest BCUT2D eigenvalue weighted by molar-refractivity contribution is 5.84. The van der Waals surface area contributed by atoms with Crippen LogP contribution < -0.4 is 0 Å². The lowest BCUT2D eigenvalue weighted by molar-refractivity contribution is -0.139. The van der Waals surface area contributed by atoms with Crippen molar-refractivity contribution in [3.05, 3.63) is 0 Å². The Kier molecular flexibility index (Phi) is 3.72. The van der Waals surface area contributed by atoms with Crippen LogP contribution in [0.4, 0.5) is 0 Å². The summed E-state index contributed by atoms with van der Waals surface area (Å²) in [5.41, 5.74) is -0.177. The molecule has 0 amide bonds. The summed E-state index contributed by atoms with van der Waals surface area (Å²) in [7, 11) is 0. The molecular weight excluding hydrogens is 194 g/mol. The number of carboxylic acids is 1. The van der Waals surface area contributed by atoms with Gasteiger partial charge in [0.2, 0.25) is 0 Å². The van der Waals surface area contributed by atoms with Gasteiger partial charge < -0.3 is 9.94 Å². The summed E-state index contributed by atoms with van der Waals surface area (Å²) in [6.07, 6.45) is 3.68. The Labute approximate surface area is 90.3 Å². The summed E-state index contributed by atoms with van der Waals surface area (Å²) in [5.74, 6) is -1.04. The second-order valence-corrected chi connectivity index (χ2v) is 4.60. The van der Waals surface area contributed by atoms with E-state index in [2.05, 4.69) is 12.1 Å². The molecule has 1 aliphatic carbocycles. The number of carboxylic acid groups (broad SMARTS) is 1. The molecule has 0 unspecified atom stereocenters. The van der Waals surface area contributed by atoms with Crippen LogP contribution in [0.5, 0.6) is 0 Å². The predicted octanol–water partition coefficient (Wildman–Crippen LogP) is 2.15. The molecule has 86 valence electrons. The van der Waals surface area contributed by atoms with Crippen molar-refractivity contribution in [3.63, 3.8) is 0 Å². The van der Waals surface area contributed by atoms with Crippen LogP contribution in [0.15, 0.2) is 5.16 Å². The van der Waals surface area contributed by atoms with Crippen molar-refractivity contribution in [2.24, 2.45) is 22.4 Å². The zero-order chi connectivity index (χ0) is 11.5. The number of rotatable bonds is 6. The van der Waals surface area contributed by atoms with Crippen molar-refractivity contribution in [3.8, 4) is 0 Å². The van der Waals surface area contributed by atoms with E-state index in [1.165, 1.54) is 0 Å². The summed E-state index contributed by atoms with van der Waals surface area (Å²) in [5, 5.41) is 12.7. The van der Waals surface area contributed by atoms with Crippen LogP contribution in [0.25, 0.3) is 0 Å². The second-order valence-electron chi connectivity index (χ2n) is 4.60. The summed E-state index contributed by atoms with van der Waals surface area (Å²) in [6.45, 7) is 6.57. The molecule has 1 N–H and O–H groups in total. The number of hydrogen-bond donors (Lipinski definition) is 1. The van der Waals surface area contributed by atoms with Crippen LogP contribution in [0, 0.1) is 17.3 Å². The quantitative estimate of drug-likeness (QED) is 0.418. The molecule has 0 radical (unpaired) electrons. The number of unbranched alkanes of at least 4 members (excludes halogenated alkanes) is 1. The molecule has 0 saturated heterocycles. The van der Waals surface area contributed by atoms with Crippen LogP contribution in [-0.2, 0) is 9.63 Å². The first-order valence-electron chi connectivity index (χ1n) is 5.40. The van der Waals surface area contributed by atoms with Gasteiger partial charge in [-0.2, -0.15) is 0 Å². The zero-order valence-corrected chi connectivity index (χ0v) is 9.56. The maximum atomic E-state index is 10.8. The average molecular weight is 213 g/mol. The Balaban J connectivity index is 2.31. The summed E-state index contributed by atoms with van der Waals surface area (Å²) in [6, 6.07) is 0. The van der Waals surface area contributed by atoms with Crippen molar-refractivity contribution in [1.82, 2.24) is 0 Å². The molecule has 4 heteroatoms. The molecule has 15 heavy (non-hydrogen) atoms. The van der Waals surface area contributed by atoms with E-state index in [9.17, 15) is 4.79 Å². The minimum Gasteiger partial charge on any atom is -0.481 e. The van der Waals surface area contributed by atoms with Gasteiger partial charge in [0.05, 0.1) is 5.92 Å². The van der Waals surface area contributed by atoms with Crippen molar-refractivity contribution in [2.75, 3.05) is 6.61 Å². The van der Waals surface area contributed by atoms with Crippen molar-refractivity contribution >= 4 is 12.2 Å². The summed E-state index contributed by atoms with van der Waals surface area (Å²) < 4.78 is 0. The maximum absolute atomic E-state index is 10.8. The summed E-state index contributed by atoms with van der Waals surface area (Å²) >= 11 is 0. The number of aliphatic carboxylic acids is 1. The summed E-state index contributed by atoms with van der Waals surface area (Å²) in [4.78, 5) is 15.8. The Bertz CT molecular complexity index is 261. The zero-order valence-electron chi connectivity index (χ0n) is 9.56. The Morgan fingerprint density at radius 3 is 2.73 bits per heavy atom. The molecule has 2 atom stereocenters. The van der Waals surface area contributed by atoms with Gasteiger partial charge in [0.25, 0.3) is 0 Å². The fourth-order valence-corrected chi connectivity index (χ4v) is 1.80. The third-order valence-corrected chi connectivity index (χ3v) is 3.06. The van der Waals surface area contributed by atoms with Crippen LogP contribution in [0.2, 0.25) is 0 Å². The normalized spacial score (nSPS) is 27.9. The molecule has 0 aromatic heterocycles. The third kappa shape index (κ3) is 2.70. The largest absolute Gasteiger partial charge is 0.481 e. The van der Waals surface area contributed by atoms with Gasteiger partial charge >= 0.3 is 5.97 Å². The van der Waals surface area contributed by atoms with E-state index in [1.54, 1.807) is 6.21 Å².